The molecule has 2 unspecified atom stereocenters. The Morgan fingerprint density at radius 3 is 2.57 bits per heavy atom. The van der Waals surface area contributed by atoms with Crippen molar-refractivity contribution < 1.29 is 9.52 Å². The molecule has 21 heavy (non-hydrogen) atoms. The highest BCUT2D eigenvalue weighted by molar-refractivity contribution is 5.73. The first-order chi connectivity index (χ1) is 9.74. The normalized spacial score (nSPS) is 15.3. The first kappa shape index (κ1) is 15.8. The average molecular weight is 291 g/mol. The van der Waals surface area contributed by atoms with Gasteiger partial charge in [-0.25, -0.2) is 4.79 Å². The molecule has 0 fully saturated rings. The van der Waals surface area contributed by atoms with Gasteiger partial charge in [0.05, 0.1) is 11.6 Å². The average Bonchev–Trinajstić information content (AvgIpc) is 2.71. The van der Waals surface area contributed by atoms with Crippen LogP contribution in [0.15, 0.2) is 27.4 Å². The number of aliphatic hydroxyl groups is 1. The van der Waals surface area contributed by atoms with Crippen LogP contribution in [0.1, 0.15) is 52.7 Å². The monoisotopic (exact) mass is 291 g/mol. The van der Waals surface area contributed by atoms with E-state index < -0.39 is 6.10 Å². The van der Waals surface area contributed by atoms with E-state index in [2.05, 4.69) is 27.7 Å². The van der Waals surface area contributed by atoms with Gasteiger partial charge in [0.2, 0.25) is 0 Å². The molecule has 2 rings (SSSR count). The largest absolute Gasteiger partial charge is 0.419 e. The van der Waals surface area contributed by atoms with Crippen molar-refractivity contribution in [3.63, 3.8) is 0 Å². The summed E-state index contributed by atoms with van der Waals surface area (Å²) in [6.07, 6.45) is 0.146. The van der Waals surface area contributed by atoms with Gasteiger partial charge in [0, 0.05) is 6.54 Å². The molecule has 2 aromatic rings. The predicted octanol–water partition coefficient (Wildman–Crippen LogP) is 3.72. The van der Waals surface area contributed by atoms with Gasteiger partial charge in [-0.1, -0.05) is 33.8 Å². The zero-order valence-electron chi connectivity index (χ0n) is 13.5. The van der Waals surface area contributed by atoms with Crippen molar-refractivity contribution in [1.82, 2.24) is 4.57 Å². The standard InChI is InChI=1S/C17H25NO3/c1-6-18-13-8-7-12(10-15(13)21-16(18)20)14(19)9-11(2)17(3,4)5/h7-8,10-11,14,19H,6,9H2,1-5H3. The molecule has 0 aliphatic heterocycles. The fourth-order valence-electron chi connectivity index (χ4n) is 2.41. The van der Waals surface area contributed by atoms with E-state index in [4.69, 9.17) is 4.42 Å². The molecule has 1 heterocycles. The summed E-state index contributed by atoms with van der Waals surface area (Å²) < 4.78 is 6.84. The number of oxazole rings is 1. The Morgan fingerprint density at radius 2 is 2.00 bits per heavy atom. The number of fused-ring (bicyclic) bond motifs is 1. The predicted molar refractivity (Wildman–Crippen MR) is 84.3 cm³/mol. The molecule has 116 valence electrons. The van der Waals surface area contributed by atoms with Crippen molar-refractivity contribution in [2.75, 3.05) is 0 Å². The number of nitrogens with zero attached hydrogens (tertiary/aromatic N) is 1. The summed E-state index contributed by atoms with van der Waals surface area (Å²) >= 11 is 0. The minimum absolute atomic E-state index is 0.156. The minimum Gasteiger partial charge on any atom is -0.408 e. The fraction of sp³-hybridized carbons (Fsp3) is 0.588. The van der Waals surface area contributed by atoms with Crippen LogP contribution in [0.4, 0.5) is 0 Å². The number of hydrogen-bond acceptors (Lipinski definition) is 3. The van der Waals surface area contributed by atoms with Crippen LogP contribution >= 0.6 is 0 Å². The highest BCUT2D eigenvalue weighted by Gasteiger charge is 2.23. The third kappa shape index (κ3) is 3.21. The van der Waals surface area contributed by atoms with Crippen LogP contribution in [-0.4, -0.2) is 9.67 Å². The highest BCUT2D eigenvalue weighted by Crippen LogP contribution is 2.33. The number of hydrogen-bond donors (Lipinski definition) is 1. The lowest BCUT2D eigenvalue weighted by atomic mass is 9.78. The maximum atomic E-state index is 11.7. The zero-order chi connectivity index (χ0) is 15.8. The molecule has 0 aliphatic carbocycles. The molecule has 0 radical (unpaired) electrons. The van der Waals surface area contributed by atoms with E-state index in [1.807, 2.05) is 19.1 Å². The van der Waals surface area contributed by atoms with Crippen molar-refractivity contribution >= 4 is 11.1 Å². The molecule has 0 saturated heterocycles. The van der Waals surface area contributed by atoms with Gasteiger partial charge < -0.3 is 9.52 Å². The molecule has 0 spiro atoms. The zero-order valence-corrected chi connectivity index (χ0v) is 13.5. The van der Waals surface area contributed by atoms with Gasteiger partial charge in [-0.3, -0.25) is 4.57 Å². The van der Waals surface area contributed by atoms with Gasteiger partial charge in [0.25, 0.3) is 0 Å². The molecule has 1 N–H and O–H groups in total. The maximum absolute atomic E-state index is 11.7. The van der Waals surface area contributed by atoms with Gasteiger partial charge in [-0.2, -0.15) is 0 Å². The molecule has 1 aromatic carbocycles. The number of aromatic nitrogens is 1. The number of aryl methyl sites for hydroxylation is 1. The Balaban J connectivity index is 2.29. The van der Waals surface area contributed by atoms with E-state index in [0.29, 0.717) is 24.5 Å². The van der Waals surface area contributed by atoms with E-state index in [9.17, 15) is 9.90 Å². The summed E-state index contributed by atoms with van der Waals surface area (Å²) in [6.45, 7) is 11.2. The lowest BCUT2D eigenvalue weighted by Gasteiger charge is -2.29. The van der Waals surface area contributed by atoms with Crippen LogP contribution in [0, 0.1) is 11.3 Å². The Bertz CT molecular complexity index is 675. The molecular formula is C17H25NO3. The third-order valence-corrected chi connectivity index (χ3v) is 4.45. The van der Waals surface area contributed by atoms with Crippen LogP contribution < -0.4 is 5.76 Å². The van der Waals surface area contributed by atoms with E-state index in [1.54, 1.807) is 10.6 Å². The van der Waals surface area contributed by atoms with Gasteiger partial charge in [-0.05, 0) is 42.4 Å². The highest BCUT2D eigenvalue weighted by atomic mass is 16.4. The van der Waals surface area contributed by atoms with Crippen LogP contribution in [0.2, 0.25) is 0 Å². The molecule has 2 atom stereocenters. The summed E-state index contributed by atoms with van der Waals surface area (Å²) in [7, 11) is 0. The van der Waals surface area contributed by atoms with Crippen molar-refractivity contribution in [2.45, 2.75) is 53.7 Å². The molecular weight excluding hydrogens is 266 g/mol. The topological polar surface area (TPSA) is 55.4 Å². The summed E-state index contributed by atoms with van der Waals surface area (Å²) in [5, 5.41) is 10.4. The Morgan fingerprint density at radius 1 is 1.33 bits per heavy atom. The van der Waals surface area contributed by atoms with Crippen molar-refractivity contribution in [2.24, 2.45) is 11.3 Å². The van der Waals surface area contributed by atoms with E-state index >= 15 is 0 Å². The molecule has 0 aliphatic rings. The lowest BCUT2D eigenvalue weighted by Crippen LogP contribution is -2.19. The molecule has 0 amide bonds. The van der Waals surface area contributed by atoms with E-state index in [1.165, 1.54) is 0 Å². The third-order valence-electron chi connectivity index (χ3n) is 4.45. The lowest BCUT2D eigenvalue weighted by molar-refractivity contribution is 0.111. The van der Waals surface area contributed by atoms with Crippen molar-refractivity contribution in [1.29, 1.82) is 0 Å². The number of rotatable bonds is 4. The van der Waals surface area contributed by atoms with Gasteiger partial charge in [0.15, 0.2) is 5.58 Å². The second kappa shape index (κ2) is 5.68. The van der Waals surface area contributed by atoms with Crippen molar-refractivity contribution in [3.8, 4) is 0 Å². The Hall–Kier alpha value is -1.55. The first-order valence-corrected chi connectivity index (χ1v) is 7.55. The molecule has 0 bridgehead atoms. The number of aliphatic hydroxyl groups excluding tert-OH is 1. The quantitative estimate of drug-likeness (QED) is 0.934. The van der Waals surface area contributed by atoms with Gasteiger partial charge >= 0.3 is 5.76 Å². The Kier molecular flexibility index (Phi) is 4.28. The summed E-state index contributed by atoms with van der Waals surface area (Å²) in [4.78, 5) is 11.7. The van der Waals surface area contributed by atoms with Crippen LogP contribution in [0.25, 0.3) is 11.1 Å². The van der Waals surface area contributed by atoms with E-state index in [0.717, 1.165) is 11.1 Å². The summed E-state index contributed by atoms with van der Waals surface area (Å²) in [5.74, 6) is 0.0395. The number of benzene rings is 1. The molecule has 4 heteroatoms. The van der Waals surface area contributed by atoms with Gasteiger partial charge in [0.1, 0.15) is 0 Å². The smallest absolute Gasteiger partial charge is 0.408 e. The second-order valence-corrected chi connectivity index (χ2v) is 6.86. The van der Waals surface area contributed by atoms with Crippen LogP contribution in [0.3, 0.4) is 0 Å². The van der Waals surface area contributed by atoms with Gasteiger partial charge in [-0.15, -0.1) is 0 Å². The van der Waals surface area contributed by atoms with Crippen LogP contribution in [-0.2, 0) is 6.54 Å². The van der Waals surface area contributed by atoms with Crippen LogP contribution in [0.5, 0.6) is 0 Å². The summed E-state index contributed by atoms with van der Waals surface area (Å²) in [6, 6.07) is 5.51. The second-order valence-electron chi connectivity index (χ2n) is 6.86. The SMILES string of the molecule is CCn1c(=O)oc2cc(C(O)CC(C)C(C)(C)C)ccc21. The Labute approximate surface area is 125 Å². The molecule has 1 aromatic heterocycles. The first-order valence-electron chi connectivity index (χ1n) is 7.55. The molecule has 4 nitrogen and oxygen atoms in total. The summed E-state index contributed by atoms with van der Waals surface area (Å²) in [5.41, 5.74) is 2.28. The van der Waals surface area contributed by atoms with E-state index in [-0.39, 0.29) is 11.2 Å². The minimum atomic E-state index is -0.543. The molecule has 0 saturated carbocycles. The van der Waals surface area contributed by atoms with Crippen molar-refractivity contribution in [3.05, 3.63) is 34.3 Å². The fourth-order valence-corrected chi connectivity index (χ4v) is 2.41. The maximum Gasteiger partial charge on any atom is 0.419 e.